The van der Waals surface area contributed by atoms with Gasteiger partial charge in [0.05, 0.1) is 14.2 Å². The van der Waals surface area contributed by atoms with E-state index in [0.29, 0.717) is 18.5 Å². The normalized spacial score (nSPS) is 19.8. The molecule has 3 atom stereocenters. The number of nitrogens with zero attached hydrogens (tertiary/aromatic N) is 1. The maximum absolute atomic E-state index is 10.7. The molecule has 0 radical (unpaired) electrons. The van der Waals surface area contributed by atoms with Gasteiger partial charge in [-0.15, -0.1) is 11.3 Å². The number of ether oxygens (including phenoxy) is 3. The number of fused-ring (bicyclic) bond motifs is 2. The van der Waals surface area contributed by atoms with E-state index in [1.807, 2.05) is 42.5 Å². The van der Waals surface area contributed by atoms with Crippen LogP contribution in [-0.2, 0) is 0 Å². The Morgan fingerprint density at radius 2 is 1.97 bits per heavy atom. The zero-order valence-corrected chi connectivity index (χ0v) is 21.7. The van der Waals surface area contributed by atoms with Gasteiger partial charge in [0.2, 0.25) is 0 Å². The first-order valence-electron chi connectivity index (χ1n) is 12.2. The molecular weight excluding hydrogens is 460 g/mol. The first-order valence-corrected chi connectivity index (χ1v) is 13.1. The van der Waals surface area contributed by atoms with Gasteiger partial charge in [-0.3, -0.25) is 4.90 Å². The number of methoxy groups -OCH3 is 2. The summed E-state index contributed by atoms with van der Waals surface area (Å²) in [5.41, 5.74) is 2.16. The number of hydrogen-bond acceptors (Lipinski definition) is 6. The van der Waals surface area contributed by atoms with Crippen molar-refractivity contribution in [1.29, 1.82) is 0 Å². The molecule has 1 aliphatic rings. The highest BCUT2D eigenvalue weighted by Gasteiger charge is 2.29. The fraction of sp³-hybridized carbons (Fsp3) is 0.429. The Balaban J connectivity index is 1.20. The van der Waals surface area contributed by atoms with E-state index < -0.39 is 6.10 Å². The molecule has 186 valence electrons. The van der Waals surface area contributed by atoms with Crippen LogP contribution in [0.1, 0.15) is 36.3 Å². The first-order chi connectivity index (χ1) is 16.9. The molecule has 0 aliphatic carbocycles. The summed E-state index contributed by atoms with van der Waals surface area (Å²) in [5, 5.41) is 13.0. The lowest BCUT2D eigenvalue weighted by Crippen LogP contribution is -2.45. The quantitative estimate of drug-likeness (QED) is 0.328. The van der Waals surface area contributed by atoms with Crippen molar-refractivity contribution in [3.05, 3.63) is 53.0 Å². The third kappa shape index (κ3) is 4.99. The predicted molar refractivity (Wildman–Crippen MR) is 142 cm³/mol. The smallest absolute Gasteiger partial charge is 0.131 e. The maximum atomic E-state index is 10.7. The topological polar surface area (TPSA) is 67.0 Å². The lowest BCUT2D eigenvalue weighted by Gasteiger charge is -2.38. The number of benzene rings is 2. The monoisotopic (exact) mass is 494 g/mol. The fourth-order valence-corrected chi connectivity index (χ4v) is 6.50. The number of nitrogens with one attached hydrogen (secondary N) is 1. The number of aromatic nitrogens is 1. The molecule has 4 aromatic rings. The van der Waals surface area contributed by atoms with Gasteiger partial charge in [-0.25, -0.2) is 0 Å². The van der Waals surface area contributed by atoms with Gasteiger partial charge in [-0.05, 0) is 69.5 Å². The molecule has 0 spiro atoms. The molecular formula is C28H34N2O4S. The van der Waals surface area contributed by atoms with Crippen molar-refractivity contribution in [3.8, 4) is 17.2 Å². The summed E-state index contributed by atoms with van der Waals surface area (Å²) >= 11 is 1.84. The van der Waals surface area contributed by atoms with Gasteiger partial charge in [0.25, 0.3) is 0 Å². The third-order valence-electron chi connectivity index (χ3n) is 7.10. The van der Waals surface area contributed by atoms with Crippen molar-refractivity contribution in [2.24, 2.45) is 0 Å². The maximum Gasteiger partial charge on any atom is 0.131 e. The molecule has 0 amide bonds. The van der Waals surface area contributed by atoms with Gasteiger partial charge in [0.1, 0.15) is 30.0 Å². The second-order valence-electron chi connectivity index (χ2n) is 9.59. The van der Waals surface area contributed by atoms with Crippen LogP contribution in [0.4, 0.5) is 0 Å². The number of aromatic amines is 1. The number of aryl methyl sites for hydroxylation is 1. The number of β-amino-alcohol motifs (C(OH)–C–C–N with tert-alkyl or cyclic N) is 1. The average Bonchev–Trinajstić information content (AvgIpc) is 3.46. The van der Waals surface area contributed by atoms with Crippen molar-refractivity contribution in [2.45, 2.75) is 44.8 Å². The van der Waals surface area contributed by atoms with Crippen molar-refractivity contribution in [3.63, 3.8) is 0 Å². The molecule has 2 N–H and O–H groups in total. The summed E-state index contributed by atoms with van der Waals surface area (Å²) in [7, 11) is 3.40. The number of likely N-dealkylation sites (tertiary alicyclic amines) is 1. The van der Waals surface area contributed by atoms with E-state index >= 15 is 0 Å². The Morgan fingerprint density at radius 3 is 2.74 bits per heavy atom. The van der Waals surface area contributed by atoms with Crippen LogP contribution in [-0.4, -0.2) is 61.1 Å². The zero-order chi connectivity index (χ0) is 24.5. The molecule has 6 nitrogen and oxygen atoms in total. The van der Waals surface area contributed by atoms with E-state index in [9.17, 15) is 5.11 Å². The minimum absolute atomic E-state index is 0.286. The van der Waals surface area contributed by atoms with Crippen LogP contribution in [0.5, 0.6) is 17.2 Å². The van der Waals surface area contributed by atoms with Crippen LogP contribution >= 0.6 is 11.3 Å². The number of H-pyrrole nitrogens is 1. The number of rotatable bonds is 8. The molecule has 7 heteroatoms. The van der Waals surface area contributed by atoms with Crippen molar-refractivity contribution in [2.75, 3.05) is 33.9 Å². The number of aliphatic hydroxyl groups excluding tert-OH is 1. The molecule has 0 unspecified atom stereocenters. The Hall–Kier alpha value is -2.74. The first kappa shape index (κ1) is 24.0. The van der Waals surface area contributed by atoms with Gasteiger partial charge in [-0.2, -0.15) is 0 Å². The van der Waals surface area contributed by atoms with Crippen LogP contribution in [0.3, 0.4) is 0 Å². The number of aliphatic hydroxyl groups is 1. The van der Waals surface area contributed by atoms with Gasteiger partial charge >= 0.3 is 0 Å². The fourth-order valence-electron chi connectivity index (χ4n) is 5.24. The SMILES string of the molecule is COc1cc(OC)c2cc([C@@H]3CCN(C[C@H](O)COc4cccc5[nH]c(C)cc45)[C@H](C)C3)sc2c1. The molecule has 0 saturated carbocycles. The van der Waals surface area contributed by atoms with E-state index in [-0.39, 0.29) is 6.61 Å². The summed E-state index contributed by atoms with van der Waals surface area (Å²) in [6, 6.07) is 14.8. The molecule has 5 rings (SSSR count). The molecule has 35 heavy (non-hydrogen) atoms. The Bertz CT molecular complexity index is 1310. The van der Waals surface area contributed by atoms with Crippen molar-refractivity contribution in [1.82, 2.24) is 9.88 Å². The number of piperidine rings is 1. The minimum Gasteiger partial charge on any atom is -0.497 e. The van der Waals surface area contributed by atoms with Crippen molar-refractivity contribution < 1.29 is 19.3 Å². The molecule has 2 aromatic heterocycles. The lowest BCUT2D eigenvalue weighted by molar-refractivity contribution is 0.0408. The predicted octanol–water partition coefficient (Wildman–Crippen LogP) is 5.72. The average molecular weight is 495 g/mol. The second-order valence-corrected chi connectivity index (χ2v) is 10.7. The van der Waals surface area contributed by atoms with Gasteiger partial charge in [0.15, 0.2) is 0 Å². The summed E-state index contributed by atoms with van der Waals surface area (Å²) in [6.45, 7) is 6.17. The molecule has 2 aromatic carbocycles. The second kappa shape index (κ2) is 10.1. The van der Waals surface area contributed by atoms with E-state index in [0.717, 1.165) is 58.6 Å². The third-order valence-corrected chi connectivity index (χ3v) is 8.34. The minimum atomic E-state index is -0.537. The molecule has 1 aliphatic heterocycles. The molecule has 3 heterocycles. The molecule has 1 saturated heterocycles. The van der Waals surface area contributed by atoms with E-state index in [1.165, 1.54) is 9.58 Å². The molecule has 1 fully saturated rings. The van der Waals surface area contributed by atoms with Gasteiger partial charge in [-0.1, -0.05) is 6.07 Å². The zero-order valence-electron chi connectivity index (χ0n) is 20.8. The van der Waals surface area contributed by atoms with Gasteiger partial charge < -0.3 is 24.3 Å². The number of hydrogen-bond donors (Lipinski definition) is 2. The van der Waals surface area contributed by atoms with Gasteiger partial charge in [0, 0.05) is 50.2 Å². The van der Waals surface area contributed by atoms with Crippen LogP contribution in [0.2, 0.25) is 0 Å². The Labute approximate surface area is 210 Å². The van der Waals surface area contributed by atoms with E-state index in [4.69, 9.17) is 14.2 Å². The molecule has 0 bridgehead atoms. The largest absolute Gasteiger partial charge is 0.497 e. The summed E-state index contributed by atoms with van der Waals surface area (Å²) < 4.78 is 18.3. The standard InChI is InChI=1S/C28H34N2O4S/c1-17-10-22-24(29-17)6-5-7-25(22)34-16-20(31)15-30-9-8-19(11-18(30)2)27-14-23-26(33-4)12-21(32-3)13-28(23)35-27/h5-7,10,12-14,18-20,29,31H,8-9,11,15-16H2,1-4H3/t18-,19-,20+/m1/s1. The summed E-state index contributed by atoms with van der Waals surface area (Å²) in [4.78, 5) is 7.12. The summed E-state index contributed by atoms with van der Waals surface area (Å²) in [6.07, 6.45) is 1.61. The number of thiophene rings is 1. The highest BCUT2D eigenvalue weighted by Crippen LogP contribution is 2.42. The van der Waals surface area contributed by atoms with E-state index in [2.05, 4.69) is 35.0 Å². The van der Waals surface area contributed by atoms with Crippen LogP contribution in [0, 0.1) is 6.92 Å². The Kier molecular flexibility index (Phi) is 6.91. The van der Waals surface area contributed by atoms with Crippen molar-refractivity contribution >= 4 is 32.3 Å². The highest BCUT2D eigenvalue weighted by molar-refractivity contribution is 7.19. The lowest BCUT2D eigenvalue weighted by atomic mass is 9.90. The van der Waals surface area contributed by atoms with Crippen LogP contribution in [0.15, 0.2) is 42.5 Å². The van der Waals surface area contributed by atoms with Crippen LogP contribution in [0.25, 0.3) is 21.0 Å². The Morgan fingerprint density at radius 1 is 1.11 bits per heavy atom. The van der Waals surface area contributed by atoms with E-state index in [1.54, 1.807) is 14.2 Å². The van der Waals surface area contributed by atoms with Crippen LogP contribution < -0.4 is 14.2 Å². The summed E-state index contributed by atoms with van der Waals surface area (Å²) in [5.74, 6) is 3.01. The highest BCUT2D eigenvalue weighted by atomic mass is 32.1.